The summed E-state index contributed by atoms with van der Waals surface area (Å²) in [6.07, 6.45) is 1.63. The third-order valence-corrected chi connectivity index (χ3v) is 2.94. The largest absolute Gasteiger partial charge is 0.444 e. The second kappa shape index (κ2) is 5.83. The lowest BCUT2D eigenvalue weighted by atomic mass is 10.1. The number of carbonyl (C=O) groups is 1. The molecule has 5 nitrogen and oxygen atoms in total. The van der Waals surface area contributed by atoms with Crippen molar-refractivity contribution in [1.82, 2.24) is 10.3 Å². The summed E-state index contributed by atoms with van der Waals surface area (Å²) in [6, 6.07) is 3.87. The number of aryl methyl sites for hydroxylation is 1. The summed E-state index contributed by atoms with van der Waals surface area (Å²) in [5.74, 6) is 0.283. The second-order valence-corrected chi connectivity index (χ2v) is 4.58. The van der Waals surface area contributed by atoms with E-state index in [0.29, 0.717) is 11.5 Å². The Kier molecular flexibility index (Phi) is 4.14. The Hall–Kier alpha value is -2.21. The Morgan fingerprint density at radius 1 is 1.55 bits per heavy atom. The first kappa shape index (κ1) is 14.2. The van der Waals surface area contributed by atoms with Crippen molar-refractivity contribution >= 4 is 5.91 Å². The number of benzene rings is 1. The lowest BCUT2D eigenvalue weighted by Gasteiger charge is -2.11. The minimum absolute atomic E-state index is 0.166. The maximum absolute atomic E-state index is 13.7. The SMILES string of the molecule is Cc1cnc(C(C)NCc2cc(C(N)=O)ccc2F)o1. The molecule has 1 amide bonds. The van der Waals surface area contributed by atoms with Gasteiger partial charge in [-0.2, -0.15) is 0 Å². The zero-order valence-electron chi connectivity index (χ0n) is 11.3. The molecular formula is C14H16FN3O2. The van der Waals surface area contributed by atoms with Crippen LogP contribution in [0.1, 0.15) is 40.5 Å². The van der Waals surface area contributed by atoms with Gasteiger partial charge in [0, 0.05) is 17.7 Å². The summed E-state index contributed by atoms with van der Waals surface area (Å²) in [6.45, 7) is 3.91. The first-order valence-electron chi connectivity index (χ1n) is 6.21. The number of nitrogens with one attached hydrogen (secondary N) is 1. The third-order valence-electron chi connectivity index (χ3n) is 2.94. The van der Waals surface area contributed by atoms with E-state index in [1.807, 2.05) is 6.92 Å². The van der Waals surface area contributed by atoms with Crippen LogP contribution < -0.4 is 11.1 Å². The Balaban J connectivity index is 2.06. The van der Waals surface area contributed by atoms with Crippen LogP contribution in [0.15, 0.2) is 28.8 Å². The number of aromatic nitrogens is 1. The van der Waals surface area contributed by atoms with Gasteiger partial charge in [0.1, 0.15) is 11.6 Å². The van der Waals surface area contributed by atoms with Crippen LogP contribution in [0.3, 0.4) is 0 Å². The van der Waals surface area contributed by atoms with Crippen LogP contribution in [0.5, 0.6) is 0 Å². The molecule has 6 heteroatoms. The van der Waals surface area contributed by atoms with Crippen LogP contribution in [0.2, 0.25) is 0 Å². The standard InChI is InChI=1S/C14H16FN3O2/c1-8-6-18-14(20-8)9(2)17-7-11-5-10(13(16)19)3-4-12(11)15/h3-6,9,17H,7H2,1-2H3,(H2,16,19). The summed E-state index contributed by atoms with van der Waals surface area (Å²) < 4.78 is 19.0. The molecule has 0 aliphatic carbocycles. The van der Waals surface area contributed by atoms with Crippen molar-refractivity contribution in [3.05, 3.63) is 53.0 Å². The van der Waals surface area contributed by atoms with Crippen LogP contribution in [-0.2, 0) is 6.54 Å². The molecule has 1 atom stereocenters. The first-order chi connectivity index (χ1) is 9.47. The Bertz CT molecular complexity index is 625. The number of halogens is 1. The minimum Gasteiger partial charge on any atom is -0.444 e. The number of rotatable bonds is 5. The molecule has 1 aromatic carbocycles. The molecule has 1 heterocycles. The molecule has 1 unspecified atom stereocenters. The highest BCUT2D eigenvalue weighted by Gasteiger charge is 2.13. The van der Waals surface area contributed by atoms with Gasteiger partial charge < -0.3 is 15.5 Å². The van der Waals surface area contributed by atoms with Crippen molar-refractivity contribution in [2.75, 3.05) is 0 Å². The van der Waals surface area contributed by atoms with E-state index < -0.39 is 11.7 Å². The number of oxazole rings is 1. The highest BCUT2D eigenvalue weighted by Crippen LogP contribution is 2.15. The summed E-state index contributed by atoms with van der Waals surface area (Å²) >= 11 is 0. The van der Waals surface area contributed by atoms with Gasteiger partial charge in [-0.1, -0.05) is 0 Å². The zero-order chi connectivity index (χ0) is 14.7. The van der Waals surface area contributed by atoms with Crippen LogP contribution in [0, 0.1) is 12.7 Å². The van der Waals surface area contributed by atoms with E-state index in [4.69, 9.17) is 10.2 Å². The molecule has 1 aromatic heterocycles. The molecule has 0 bridgehead atoms. The van der Waals surface area contributed by atoms with Gasteiger partial charge >= 0.3 is 0 Å². The molecule has 0 spiro atoms. The zero-order valence-corrected chi connectivity index (χ0v) is 11.3. The number of hydrogen-bond acceptors (Lipinski definition) is 4. The van der Waals surface area contributed by atoms with Gasteiger partial charge in [-0.3, -0.25) is 4.79 Å². The highest BCUT2D eigenvalue weighted by atomic mass is 19.1. The normalized spacial score (nSPS) is 12.3. The van der Waals surface area contributed by atoms with Gasteiger partial charge in [-0.15, -0.1) is 0 Å². The smallest absolute Gasteiger partial charge is 0.248 e. The summed E-state index contributed by atoms with van der Waals surface area (Å²) in [4.78, 5) is 15.2. The number of nitrogens with two attached hydrogens (primary N) is 1. The number of primary amides is 1. The van der Waals surface area contributed by atoms with E-state index in [1.54, 1.807) is 13.1 Å². The summed E-state index contributed by atoms with van der Waals surface area (Å²) in [5, 5.41) is 3.09. The van der Waals surface area contributed by atoms with E-state index in [9.17, 15) is 9.18 Å². The molecule has 20 heavy (non-hydrogen) atoms. The van der Waals surface area contributed by atoms with Crippen LogP contribution >= 0.6 is 0 Å². The fourth-order valence-electron chi connectivity index (χ4n) is 1.79. The fraction of sp³-hybridized carbons (Fsp3) is 0.286. The molecule has 0 aliphatic heterocycles. The predicted octanol–water partition coefficient (Wildman–Crippen LogP) is 2.07. The van der Waals surface area contributed by atoms with Crippen molar-refractivity contribution in [2.45, 2.75) is 26.4 Å². The minimum atomic E-state index is -0.581. The van der Waals surface area contributed by atoms with E-state index >= 15 is 0 Å². The molecule has 2 aromatic rings. The molecule has 3 N–H and O–H groups in total. The number of hydrogen-bond donors (Lipinski definition) is 2. The van der Waals surface area contributed by atoms with Crippen molar-refractivity contribution in [1.29, 1.82) is 0 Å². The van der Waals surface area contributed by atoms with Gasteiger partial charge in [0.05, 0.1) is 12.2 Å². The van der Waals surface area contributed by atoms with Crippen molar-refractivity contribution in [2.24, 2.45) is 5.73 Å². The van der Waals surface area contributed by atoms with E-state index in [1.165, 1.54) is 18.2 Å². The number of amides is 1. The van der Waals surface area contributed by atoms with Gasteiger partial charge in [0.15, 0.2) is 0 Å². The molecule has 0 saturated carbocycles. The molecular weight excluding hydrogens is 261 g/mol. The monoisotopic (exact) mass is 277 g/mol. The van der Waals surface area contributed by atoms with Crippen LogP contribution in [-0.4, -0.2) is 10.9 Å². The van der Waals surface area contributed by atoms with Crippen molar-refractivity contribution in [3.63, 3.8) is 0 Å². The third kappa shape index (κ3) is 3.21. The van der Waals surface area contributed by atoms with E-state index in [-0.39, 0.29) is 18.2 Å². The Labute approximate surface area is 116 Å². The van der Waals surface area contributed by atoms with E-state index in [2.05, 4.69) is 10.3 Å². The van der Waals surface area contributed by atoms with Gasteiger partial charge in [-0.25, -0.2) is 9.37 Å². The number of carbonyl (C=O) groups excluding carboxylic acids is 1. The average Bonchev–Trinajstić information content (AvgIpc) is 2.84. The first-order valence-corrected chi connectivity index (χ1v) is 6.21. The highest BCUT2D eigenvalue weighted by molar-refractivity contribution is 5.92. The quantitative estimate of drug-likeness (QED) is 0.876. The Morgan fingerprint density at radius 2 is 2.30 bits per heavy atom. The van der Waals surface area contributed by atoms with Gasteiger partial charge in [0.2, 0.25) is 11.8 Å². The summed E-state index contributed by atoms with van der Waals surface area (Å²) in [7, 11) is 0. The molecule has 0 aliphatic rings. The molecule has 0 saturated heterocycles. The van der Waals surface area contributed by atoms with Crippen molar-refractivity contribution in [3.8, 4) is 0 Å². The topological polar surface area (TPSA) is 81.1 Å². The average molecular weight is 277 g/mol. The summed E-state index contributed by atoms with van der Waals surface area (Å²) in [5.41, 5.74) is 5.83. The predicted molar refractivity (Wildman–Crippen MR) is 71.4 cm³/mol. The van der Waals surface area contributed by atoms with Gasteiger partial charge in [-0.05, 0) is 32.0 Å². The Morgan fingerprint density at radius 3 is 2.90 bits per heavy atom. The molecule has 0 radical (unpaired) electrons. The maximum atomic E-state index is 13.7. The lowest BCUT2D eigenvalue weighted by molar-refractivity contribution is 0.1000. The van der Waals surface area contributed by atoms with Crippen LogP contribution in [0.25, 0.3) is 0 Å². The molecule has 2 rings (SSSR count). The van der Waals surface area contributed by atoms with E-state index in [0.717, 1.165) is 5.76 Å². The fourth-order valence-corrected chi connectivity index (χ4v) is 1.79. The lowest BCUT2D eigenvalue weighted by Crippen LogP contribution is -2.20. The molecule has 106 valence electrons. The van der Waals surface area contributed by atoms with Gasteiger partial charge in [0.25, 0.3) is 0 Å². The number of nitrogens with zero attached hydrogens (tertiary/aromatic N) is 1. The van der Waals surface area contributed by atoms with Crippen molar-refractivity contribution < 1.29 is 13.6 Å². The molecule has 0 fully saturated rings. The van der Waals surface area contributed by atoms with Crippen LogP contribution in [0.4, 0.5) is 4.39 Å². The second-order valence-electron chi connectivity index (χ2n) is 4.58. The maximum Gasteiger partial charge on any atom is 0.248 e.